The van der Waals surface area contributed by atoms with Crippen LogP contribution in [0.4, 0.5) is 0 Å². The lowest BCUT2D eigenvalue weighted by atomic mass is 10.0. The zero-order valence-electron chi connectivity index (χ0n) is 65.3. The van der Waals surface area contributed by atoms with Gasteiger partial charge in [0, 0.05) is 39.6 Å². The highest BCUT2D eigenvalue weighted by atomic mass is 16.3. The lowest BCUT2D eigenvalue weighted by molar-refractivity contribution is -0.140. The summed E-state index contributed by atoms with van der Waals surface area (Å²) in [7, 11) is 10.6. The first-order valence-electron chi connectivity index (χ1n) is 29.0. The maximum atomic E-state index is 12.8. The summed E-state index contributed by atoms with van der Waals surface area (Å²) < 4.78 is 0. The largest absolute Gasteiger partial charge is 0.394 e. The van der Waals surface area contributed by atoms with E-state index in [1.807, 2.05) is 178 Å². The number of likely N-dealkylation sites (N-methyl/N-ethyl adjacent to an activating group) is 1. The van der Waals surface area contributed by atoms with E-state index in [1.165, 1.54) is 66.1 Å². The van der Waals surface area contributed by atoms with Gasteiger partial charge in [0.05, 0.1) is 0 Å². The van der Waals surface area contributed by atoms with E-state index in [4.69, 9.17) is 53.1 Å². The molecular weight excluding hydrogens is 1200 g/mol. The number of nitrogens with two attached hydrogens (primary N) is 6. The van der Waals surface area contributed by atoms with Crippen LogP contribution in [0.15, 0.2) is 60.7 Å². The van der Waals surface area contributed by atoms with E-state index in [9.17, 15) is 14.4 Å². The minimum atomic E-state index is -0.647. The summed E-state index contributed by atoms with van der Waals surface area (Å²) in [5.41, 5.74) is 29.4. The normalized spacial score (nSPS) is 7.83. The van der Waals surface area contributed by atoms with Gasteiger partial charge in [-0.3, -0.25) is 14.4 Å². The minimum absolute atomic E-state index is 0. The first kappa shape index (κ1) is 179. The van der Waals surface area contributed by atoms with Crippen molar-refractivity contribution >= 4 is 85.6 Å². The molecule has 3 amide bonds. The fourth-order valence-electron chi connectivity index (χ4n) is 3.94. The van der Waals surface area contributed by atoms with Crippen LogP contribution in [0.1, 0.15) is 182 Å². The van der Waals surface area contributed by atoms with E-state index in [2.05, 4.69) is 112 Å². The summed E-state index contributed by atoms with van der Waals surface area (Å²) in [5.74, 6) is 1.18. The molecule has 3 rings (SSSR count). The molecule has 0 saturated carbocycles. The molecule has 2 aromatic rings. The van der Waals surface area contributed by atoms with E-state index < -0.39 is 12.1 Å². The summed E-state index contributed by atoms with van der Waals surface area (Å²) in [6, 6.07) is 18.8. The summed E-state index contributed by atoms with van der Waals surface area (Å²) in [5, 5.41) is 10.9. The van der Waals surface area contributed by atoms with Gasteiger partial charge in [-0.15, -0.1) is 0 Å². The van der Waals surface area contributed by atoms with Crippen molar-refractivity contribution in [2.24, 2.45) is 46.2 Å². The summed E-state index contributed by atoms with van der Waals surface area (Å²) in [6.07, 6.45) is 5.85. The second-order valence-electron chi connectivity index (χ2n) is 13.4. The fraction of sp³-hybridized carbons (Fsp3) is 0.621. The Morgan fingerprint density at radius 3 is 0.839 bits per heavy atom. The second-order valence-corrected chi connectivity index (χ2v) is 13.4. The van der Waals surface area contributed by atoms with Gasteiger partial charge in [0.1, 0.15) is 80.0 Å². The van der Waals surface area contributed by atoms with Crippen LogP contribution in [0.3, 0.4) is 0 Å². The highest BCUT2D eigenvalue weighted by molar-refractivity contribution is 5.91. The van der Waals surface area contributed by atoms with Crippen molar-refractivity contribution in [1.82, 2.24) is 39.7 Å². The zero-order valence-corrected chi connectivity index (χ0v) is 65.3. The van der Waals surface area contributed by atoms with Crippen molar-refractivity contribution in [2.75, 3.05) is 62.4 Å². The van der Waals surface area contributed by atoms with Crippen LogP contribution >= 0.6 is 0 Å². The summed E-state index contributed by atoms with van der Waals surface area (Å²) in [4.78, 5) is 120. The van der Waals surface area contributed by atoms with E-state index in [0.29, 0.717) is 6.42 Å². The lowest BCUT2D eigenvalue weighted by Gasteiger charge is -2.31. The summed E-state index contributed by atoms with van der Waals surface area (Å²) >= 11 is 0. The monoisotopic (exact) mass is 1360 g/mol. The van der Waals surface area contributed by atoms with Crippen molar-refractivity contribution in [3.63, 3.8) is 0 Å². The first-order chi connectivity index (χ1) is 43.1. The van der Waals surface area contributed by atoms with Crippen LogP contribution in [-0.4, -0.2) is 181 Å². The molecule has 0 bridgehead atoms. The number of benzene rings is 2. The Labute approximate surface area is 573 Å². The number of piperidine rings is 1. The van der Waals surface area contributed by atoms with Crippen LogP contribution in [0.25, 0.3) is 0 Å². The van der Waals surface area contributed by atoms with Gasteiger partial charge in [-0.2, -0.15) is 0 Å². The Morgan fingerprint density at radius 1 is 0.462 bits per heavy atom. The van der Waals surface area contributed by atoms with E-state index in [-0.39, 0.29) is 48.4 Å². The van der Waals surface area contributed by atoms with Crippen LogP contribution in [0, 0.1) is 11.8 Å². The van der Waals surface area contributed by atoms with Crippen molar-refractivity contribution in [3.05, 3.63) is 71.8 Å². The third-order valence-electron chi connectivity index (χ3n) is 7.00. The van der Waals surface area contributed by atoms with Crippen molar-refractivity contribution in [2.45, 2.75) is 202 Å². The Morgan fingerprint density at radius 2 is 0.667 bits per heavy atom. The molecule has 1 heterocycles. The molecule has 0 spiro atoms. The molecule has 0 aromatic heterocycles. The molecule has 2 aromatic carbocycles. The molecule has 93 heavy (non-hydrogen) atoms. The molecule has 2 atom stereocenters. The number of amides is 3. The molecule has 0 aliphatic carbocycles. The first-order valence-corrected chi connectivity index (χ1v) is 29.0. The zero-order chi connectivity index (χ0) is 78.4. The topological polar surface area (TPSA) is 557 Å². The number of aryl methyl sites for hydroxylation is 1. The highest BCUT2D eigenvalue weighted by Gasteiger charge is 2.29. The SMILES string of the molecule is C=O.C=O.C=O.C=O.C=O.C=O.C=O.C=O.C=O.C=O.CC.CC.CC.CC.CC.CC(=O)N(C)[C@@H](Cc1ccccc1)C(=O)N[C@@H](C)C(=O)N1CCCCC1.CC(C)C.CC(C)O.CCC(C)C.CCc1ccccc1.CN.CN.CN.CN.CN.CN.N.N.N.N. The molecule has 574 valence electrons. The van der Waals surface area contributed by atoms with Crippen molar-refractivity contribution in [1.29, 1.82) is 0 Å². The Bertz CT molecular complexity index is 1240. The molecule has 26 N–H and O–H groups in total. The minimum Gasteiger partial charge on any atom is -0.394 e. The van der Waals surface area contributed by atoms with Crippen LogP contribution in [0.2, 0.25) is 0 Å². The van der Waals surface area contributed by atoms with Gasteiger partial charge in [-0.05, 0) is 112 Å². The average molecular weight is 1360 g/mol. The Balaban J connectivity index is -0.0000000222. The molecule has 0 unspecified atom stereocenters. The molecule has 1 fully saturated rings. The van der Waals surface area contributed by atoms with Gasteiger partial charge < -0.3 is 127 Å². The fourth-order valence-corrected chi connectivity index (χ4v) is 3.94. The molecule has 1 saturated heterocycles. The third kappa shape index (κ3) is 244. The van der Waals surface area contributed by atoms with E-state index in [1.54, 1.807) is 27.8 Å². The molecule has 27 heteroatoms. The van der Waals surface area contributed by atoms with Gasteiger partial charge in [0.25, 0.3) is 0 Å². The number of nitrogens with one attached hydrogen (secondary N) is 1. The number of aliphatic hydroxyl groups is 1. The molecule has 0 radical (unpaired) electrons. The maximum absolute atomic E-state index is 12.8. The number of hydrogen-bond acceptors (Lipinski definition) is 24. The number of hydrogen-bond donors (Lipinski definition) is 12. The lowest BCUT2D eigenvalue weighted by Crippen LogP contribution is -2.54. The standard InChI is InChI=1S/C20H29N3O3.C8H10.C5H12.C4H10.C3H8O.5C2H6.6CH5N.10CH2O.4H3N/c1-15(20(26)23-12-8-5-9-13-23)21-19(25)18(22(3)16(2)24)14-17-10-6-4-7-11-17;1-2-8-6-4-3-5-7-8;1-4-5(2)3;1-4(2)3;1-3(2)4;21*1-2;;;;/h4,6-7,10-11,15,18H,5,8-9,12-14H2,1-3H3,(H,21,25);3-7H,2H2,1H3;5H,4H2,1-3H3;4H,1-3H3;3-4H,1-2H3;5*1-2H3;6*2H2,1H3;10*1H2;4*1H3/t15-,18-;;;;;;;;;;;;;;;;;;;;;;;;;;;;;/m0............................./s1. The van der Waals surface area contributed by atoms with Gasteiger partial charge >= 0.3 is 0 Å². The second kappa shape index (κ2) is 260. The molecule has 1 aliphatic heterocycles. The molecule has 27 nitrogen and oxygen atoms in total. The number of carbonyl (C=O) groups is 13. The number of aliphatic hydroxyl groups excluding tert-OH is 1. The van der Waals surface area contributed by atoms with Crippen molar-refractivity contribution in [3.8, 4) is 0 Å². The van der Waals surface area contributed by atoms with E-state index in [0.717, 1.165) is 56.2 Å². The highest BCUT2D eigenvalue weighted by Crippen LogP contribution is 2.12. The van der Waals surface area contributed by atoms with Gasteiger partial charge in [-0.1, -0.05) is 185 Å². The van der Waals surface area contributed by atoms with Crippen molar-refractivity contribution < 1.29 is 67.4 Å². The van der Waals surface area contributed by atoms with Gasteiger partial charge in [-0.25, -0.2) is 0 Å². The molecule has 1 aliphatic rings. The van der Waals surface area contributed by atoms with Crippen LogP contribution in [-0.2, 0) is 75.2 Å². The average Bonchev–Trinajstić information content (AvgIpc) is 3.65. The maximum Gasteiger partial charge on any atom is 0.244 e. The van der Waals surface area contributed by atoms with Gasteiger partial charge in [0.15, 0.2) is 0 Å². The van der Waals surface area contributed by atoms with E-state index >= 15 is 0 Å². The predicted octanol–water partition coefficient (Wildman–Crippen LogP) is 9.32. The van der Waals surface area contributed by atoms with Crippen LogP contribution in [0.5, 0.6) is 0 Å². The smallest absolute Gasteiger partial charge is 0.244 e. The molecular formula is C66H161N13O14. The number of likely N-dealkylation sites (tertiary alicyclic amines) is 1. The number of rotatable bonds is 8. The predicted molar refractivity (Wildman–Crippen MR) is 408 cm³/mol. The number of nitrogens with zero attached hydrogens (tertiary/aromatic N) is 2. The summed E-state index contributed by atoms with van der Waals surface area (Å²) in [6.45, 7) is 63.4. The quantitative estimate of drug-likeness (QED) is 0.117. The Hall–Kier alpha value is -6.89. The third-order valence-corrected chi connectivity index (χ3v) is 7.00. The Kier molecular flexibility index (Phi) is 499. The van der Waals surface area contributed by atoms with Crippen LogP contribution < -0.4 is 64.3 Å². The van der Waals surface area contributed by atoms with Gasteiger partial charge in [0.2, 0.25) is 17.7 Å². The number of carbonyl (C=O) groups excluding carboxylic acids is 13.